The van der Waals surface area contributed by atoms with Gasteiger partial charge >= 0.3 is 0 Å². The van der Waals surface area contributed by atoms with Crippen LogP contribution in [0.4, 0.5) is 0 Å². The van der Waals surface area contributed by atoms with Crippen molar-refractivity contribution in [1.29, 1.82) is 0 Å². The Kier molecular flexibility index (Phi) is 5.78. The molecule has 0 fully saturated rings. The third-order valence-corrected chi connectivity index (χ3v) is 9.15. The van der Waals surface area contributed by atoms with E-state index >= 15 is 0 Å². The molecular weight excluding hydrogens is 562 g/mol. The lowest BCUT2D eigenvalue weighted by Crippen LogP contribution is -2.19. The molecule has 218 valence electrons. The van der Waals surface area contributed by atoms with Crippen LogP contribution in [0.25, 0.3) is 72.7 Å². The fourth-order valence-corrected chi connectivity index (χ4v) is 6.87. The van der Waals surface area contributed by atoms with Gasteiger partial charge in [-0.3, -0.25) is 4.98 Å². The number of hydrogen-bond acceptors (Lipinski definition) is 4. The van der Waals surface area contributed by atoms with E-state index in [1.807, 2.05) is 42.6 Å². The number of rotatable bonds is 4. The molecule has 0 radical (unpaired) electrons. The van der Waals surface area contributed by atoms with Gasteiger partial charge < -0.3 is 4.57 Å². The molecule has 3 aromatic heterocycles. The number of benzene rings is 5. The molecule has 8 aromatic rings. The Bertz CT molecular complexity index is 2430. The molecule has 3 heterocycles. The van der Waals surface area contributed by atoms with E-state index in [0.717, 1.165) is 67.8 Å². The van der Waals surface area contributed by atoms with Gasteiger partial charge in [0.1, 0.15) is 11.4 Å². The average molecular weight is 592 g/mol. The van der Waals surface area contributed by atoms with Crippen LogP contribution < -0.4 is 0 Å². The van der Waals surface area contributed by atoms with Gasteiger partial charge in [-0.2, -0.15) is 0 Å². The predicted molar refractivity (Wildman–Crippen MR) is 186 cm³/mol. The Morgan fingerprint density at radius 2 is 1.07 bits per heavy atom. The van der Waals surface area contributed by atoms with Crippen LogP contribution >= 0.6 is 0 Å². The summed E-state index contributed by atoms with van der Waals surface area (Å²) >= 11 is 0. The van der Waals surface area contributed by atoms with E-state index in [9.17, 15) is 0 Å². The van der Waals surface area contributed by atoms with Gasteiger partial charge in [-0.1, -0.05) is 103 Å². The van der Waals surface area contributed by atoms with Crippen LogP contribution in [0.1, 0.15) is 25.2 Å². The highest BCUT2D eigenvalue weighted by molar-refractivity contribution is 6.10. The third-order valence-electron chi connectivity index (χ3n) is 9.15. The van der Waals surface area contributed by atoms with Gasteiger partial charge in [0.05, 0.1) is 51.1 Å². The predicted octanol–water partition coefficient (Wildman–Crippen LogP) is 9.67. The molecule has 5 nitrogen and oxygen atoms in total. The van der Waals surface area contributed by atoms with E-state index < -0.39 is 5.41 Å². The van der Waals surface area contributed by atoms with Crippen LogP contribution in [-0.4, -0.2) is 24.5 Å². The molecular formula is C41H29N5. The molecule has 0 N–H and O–H groups in total. The van der Waals surface area contributed by atoms with Gasteiger partial charge in [0.25, 0.3) is 0 Å². The van der Waals surface area contributed by atoms with Crippen molar-refractivity contribution in [1.82, 2.24) is 24.5 Å². The highest BCUT2D eigenvalue weighted by Crippen LogP contribution is 2.47. The monoisotopic (exact) mass is 591 g/mol. The molecule has 46 heavy (non-hydrogen) atoms. The van der Waals surface area contributed by atoms with Crippen LogP contribution in [0.3, 0.4) is 0 Å². The second-order valence-electron chi connectivity index (χ2n) is 12.3. The second kappa shape index (κ2) is 10.0. The lowest BCUT2D eigenvalue weighted by atomic mass is 9.89. The minimum absolute atomic E-state index is 0.479. The molecule has 5 heteroatoms. The Labute approximate surface area is 266 Å². The fourth-order valence-electron chi connectivity index (χ4n) is 6.87. The van der Waals surface area contributed by atoms with Gasteiger partial charge in [0.15, 0.2) is 0 Å². The summed E-state index contributed by atoms with van der Waals surface area (Å²) in [6, 6.07) is 46.3. The van der Waals surface area contributed by atoms with Gasteiger partial charge in [0, 0.05) is 33.2 Å². The van der Waals surface area contributed by atoms with Gasteiger partial charge in [-0.25, -0.2) is 15.0 Å². The van der Waals surface area contributed by atoms with Gasteiger partial charge in [-0.15, -0.1) is 0 Å². The average Bonchev–Trinajstić information content (AvgIpc) is 3.56. The summed E-state index contributed by atoms with van der Waals surface area (Å²) in [6.45, 7) is 4.36. The molecule has 0 saturated carbocycles. The number of aromatic nitrogens is 5. The zero-order valence-corrected chi connectivity index (χ0v) is 25.5. The first-order valence-electron chi connectivity index (χ1n) is 15.6. The summed E-state index contributed by atoms with van der Waals surface area (Å²) in [6.07, 6.45) is 1.89. The molecule has 0 aliphatic heterocycles. The molecule has 0 bridgehead atoms. The molecule has 5 aromatic carbocycles. The van der Waals surface area contributed by atoms with Crippen molar-refractivity contribution in [3.63, 3.8) is 0 Å². The van der Waals surface area contributed by atoms with Crippen LogP contribution in [0.2, 0.25) is 0 Å². The number of hydrogen-bond donors (Lipinski definition) is 0. The third kappa shape index (κ3) is 3.95. The molecule has 0 amide bonds. The number of fused-ring (bicyclic) bond motifs is 6. The first kappa shape index (κ1) is 26.5. The first-order chi connectivity index (χ1) is 22.6. The largest absolute Gasteiger partial charge is 0.309 e. The van der Waals surface area contributed by atoms with Crippen LogP contribution in [0, 0.1) is 0 Å². The minimum Gasteiger partial charge on any atom is -0.309 e. The van der Waals surface area contributed by atoms with Crippen molar-refractivity contribution in [2.45, 2.75) is 19.3 Å². The zero-order valence-electron chi connectivity index (χ0n) is 25.5. The molecule has 1 aliphatic rings. The summed E-state index contributed by atoms with van der Waals surface area (Å²) in [7, 11) is 0. The van der Waals surface area contributed by atoms with E-state index in [-0.39, 0.29) is 0 Å². The van der Waals surface area contributed by atoms with E-state index in [1.165, 1.54) is 16.3 Å². The maximum absolute atomic E-state index is 5.33. The fraction of sp³-hybridized carbons (Fsp3) is 0.0732. The lowest BCUT2D eigenvalue weighted by molar-refractivity contribution is 0.614. The van der Waals surface area contributed by atoms with Crippen molar-refractivity contribution in [3.05, 3.63) is 151 Å². The van der Waals surface area contributed by atoms with Crippen molar-refractivity contribution in [2.24, 2.45) is 0 Å². The normalized spacial score (nSPS) is 13.2. The van der Waals surface area contributed by atoms with E-state index in [1.54, 1.807) is 0 Å². The van der Waals surface area contributed by atoms with Crippen LogP contribution in [-0.2, 0) is 5.41 Å². The number of nitrogens with zero attached hydrogens (tertiary/aromatic N) is 5. The van der Waals surface area contributed by atoms with Crippen molar-refractivity contribution >= 4 is 21.8 Å². The topological polar surface area (TPSA) is 56.5 Å². The SMILES string of the molecule is CC1(C)c2nc(-c3ccc4c(c3)c3ccccc3n4-c3ccccc3)cnc2-c2nc(-c3ccccc3)c(-c3ccccc3)nc21. The summed E-state index contributed by atoms with van der Waals surface area (Å²) < 4.78 is 2.33. The van der Waals surface area contributed by atoms with E-state index in [0.29, 0.717) is 0 Å². The highest BCUT2D eigenvalue weighted by atomic mass is 15.0. The quantitative estimate of drug-likeness (QED) is 0.204. The first-order valence-corrected chi connectivity index (χ1v) is 15.6. The summed E-state index contributed by atoms with van der Waals surface area (Å²) in [5, 5.41) is 2.39. The van der Waals surface area contributed by atoms with Gasteiger partial charge in [0.2, 0.25) is 0 Å². The zero-order chi connectivity index (χ0) is 30.8. The lowest BCUT2D eigenvalue weighted by Gasteiger charge is -2.20. The molecule has 0 saturated heterocycles. The summed E-state index contributed by atoms with van der Waals surface area (Å²) in [5.74, 6) is 0. The summed E-state index contributed by atoms with van der Waals surface area (Å²) in [5.41, 5.74) is 12.0. The highest BCUT2D eigenvalue weighted by Gasteiger charge is 2.42. The smallest absolute Gasteiger partial charge is 0.114 e. The molecule has 0 spiro atoms. The van der Waals surface area contributed by atoms with Crippen LogP contribution in [0.5, 0.6) is 0 Å². The number of para-hydroxylation sites is 2. The molecule has 0 atom stereocenters. The molecule has 0 unspecified atom stereocenters. The Morgan fingerprint density at radius 1 is 0.478 bits per heavy atom. The van der Waals surface area contributed by atoms with Crippen LogP contribution in [0.15, 0.2) is 140 Å². The Balaban J connectivity index is 1.21. The second-order valence-corrected chi connectivity index (χ2v) is 12.3. The van der Waals surface area contributed by atoms with Gasteiger partial charge in [-0.05, 0) is 44.2 Å². The van der Waals surface area contributed by atoms with E-state index in [2.05, 4.69) is 115 Å². The maximum atomic E-state index is 5.33. The van der Waals surface area contributed by atoms with E-state index in [4.69, 9.17) is 19.9 Å². The van der Waals surface area contributed by atoms with Crippen molar-refractivity contribution < 1.29 is 0 Å². The summed E-state index contributed by atoms with van der Waals surface area (Å²) in [4.78, 5) is 20.9. The van der Waals surface area contributed by atoms with Crippen molar-refractivity contribution in [3.8, 4) is 50.8 Å². The molecule has 9 rings (SSSR count). The molecule has 1 aliphatic carbocycles. The standard InChI is InChI=1S/C41H29N5/c1-41(2)39-37(38-40(41)45-36(27-16-8-4-9-17-27)35(44-38)26-14-6-3-7-15-26)42-25-32(43-39)28-22-23-34-31(24-28)30-20-12-13-21-33(30)46(34)29-18-10-5-11-19-29/h3-25H,1-2H3. The van der Waals surface area contributed by atoms with Crippen molar-refractivity contribution in [2.75, 3.05) is 0 Å². The Morgan fingerprint density at radius 3 is 1.78 bits per heavy atom. The maximum Gasteiger partial charge on any atom is 0.114 e. The Hall–Kier alpha value is -5.94. The minimum atomic E-state index is -0.479.